The van der Waals surface area contributed by atoms with Gasteiger partial charge in [-0.1, -0.05) is 11.6 Å². The molecule has 7 nitrogen and oxygen atoms in total. The maximum Gasteiger partial charge on any atom is 0.168 e. The fourth-order valence-electron chi connectivity index (χ4n) is 5.74. The van der Waals surface area contributed by atoms with Crippen LogP contribution in [0.3, 0.4) is 0 Å². The molecule has 2 aromatic heterocycles. The number of nitrogens with zero attached hydrogens (tertiary/aromatic N) is 7. The van der Waals surface area contributed by atoms with Crippen molar-refractivity contribution in [3.8, 4) is 11.8 Å². The Kier molecular flexibility index (Phi) is 4.93. The zero-order valence-corrected chi connectivity index (χ0v) is 20.2. The van der Waals surface area contributed by atoms with Gasteiger partial charge >= 0.3 is 0 Å². The molecule has 0 bridgehead atoms. The van der Waals surface area contributed by atoms with Crippen LogP contribution in [0.25, 0.3) is 5.69 Å². The van der Waals surface area contributed by atoms with E-state index in [0.717, 1.165) is 48.0 Å². The van der Waals surface area contributed by atoms with E-state index in [1.165, 1.54) is 0 Å². The second-order valence-corrected chi connectivity index (χ2v) is 11.0. The Morgan fingerprint density at radius 2 is 1.91 bits per heavy atom. The predicted molar refractivity (Wildman–Crippen MR) is 126 cm³/mol. The lowest BCUT2D eigenvalue weighted by Gasteiger charge is -2.59. The van der Waals surface area contributed by atoms with Gasteiger partial charge in [0.2, 0.25) is 0 Å². The molecule has 6 rings (SSSR count). The number of aromatic nitrogens is 4. The highest BCUT2D eigenvalue weighted by atomic mass is 35.5. The molecule has 180 valence electrons. The molecule has 2 fully saturated rings. The van der Waals surface area contributed by atoms with Crippen LogP contribution in [0.5, 0.6) is 0 Å². The van der Waals surface area contributed by atoms with E-state index in [1.54, 1.807) is 0 Å². The average Bonchev–Trinajstić information content (AvgIpc) is 3.07. The highest BCUT2D eigenvalue weighted by molar-refractivity contribution is 6.30. The predicted octanol–water partition coefficient (Wildman–Crippen LogP) is 4.60. The zero-order chi connectivity index (χ0) is 24.5. The van der Waals surface area contributed by atoms with E-state index >= 15 is 0 Å². The van der Waals surface area contributed by atoms with E-state index < -0.39 is 17.2 Å². The highest BCUT2D eigenvalue weighted by Crippen LogP contribution is 2.56. The highest BCUT2D eigenvalue weighted by Gasteiger charge is 2.55. The molecule has 0 radical (unpaired) electrons. The van der Waals surface area contributed by atoms with Gasteiger partial charge in [-0.3, -0.25) is 9.47 Å². The molecule has 10 heteroatoms. The summed E-state index contributed by atoms with van der Waals surface area (Å²) < 4.78 is 29.5. The molecule has 1 saturated heterocycles. The normalized spacial score (nSPS) is 19.4. The van der Waals surface area contributed by atoms with Gasteiger partial charge in [0.05, 0.1) is 24.5 Å². The van der Waals surface area contributed by atoms with Crippen LogP contribution in [-0.2, 0) is 13.1 Å². The van der Waals surface area contributed by atoms with Crippen molar-refractivity contribution >= 4 is 17.4 Å². The van der Waals surface area contributed by atoms with E-state index in [4.69, 9.17) is 11.6 Å². The van der Waals surface area contributed by atoms with Crippen molar-refractivity contribution in [2.24, 2.45) is 5.41 Å². The standard InChI is InChI=1S/C25H24ClF2N7/c1-24(2,12-29)34-10-15-5-17(26)3-4-20(15)35-21(11-34)31-32-22(35)16-7-25(8-16)13-33(14-25)23-19(28)6-18(27)9-30-23/h3-6,9,16H,7-8,10-11,13-14H2,1-2H3. The second-order valence-electron chi connectivity index (χ2n) is 10.5. The first-order chi connectivity index (χ1) is 16.7. The first-order valence-electron chi connectivity index (χ1n) is 11.6. The summed E-state index contributed by atoms with van der Waals surface area (Å²) in [6.07, 6.45) is 2.89. The molecule has 0 N–H and O–H groups in total. The number of rotatable bonds is 3. The average molecular weight is 496 g/mol. The third-order valence-corrected chi connectivity index (χ3v) is 7.89. The van der Waals surface area contributed by atoms with Gasteiger partial charge in [0.1, 0.15) is 17.2 Å². The number of fused-ring (bicyclic) bond motifs is 3. The van der Waals surface area contributed by atoms with Crippen LogP contribution in [0.15, 0.2) is 30.5 Å². The number of halogens is 3. The number of benzene rings is 1. The fraction of sp³-hybridized carbons (Fsp3) is 0.440. The maximum absolute atomic E-state index is 14.1. The van der Waals surface area contributed by atoms with E-state index in [1.807, 2.05) is 36.9 Å². The third-order valence-electron chi connectivity index (χ3n) is 7.66. The molecular formula is C25H24ClF2N7. The topological polar surface area (TPSA) is 73.9 Å². The van der Waals surface area contributed by atoms with Crippen molar-refractivity contribution in [2.45, 2.75) is 51.2 Å². The van der Waals surface area contributed by atoms with E-state index in [0.29, 0.717) is 31.2 Å². The van der Waals surface area contributed by atoms with Gasteiger partial charge in [-0.2, -0.15) is 5.26 Å². The Balaban J connectivity index is 1.26. The van der Waals surface area contributed by atoms with Crippen molar-refractivity contribution in [2.75, 3.05) is 18.0 Å². The Morgan fingerprint density at radius 1 is 1.14 bits per heavy atom. The first-order valence-corrected chi connectivity index (χ1v) is 12.0. The number of anilines is 1. The minimum absolute atomic E-state index is 0.0853. The Labute approximate surface area is 207 Å². The SMILES string of the molecule is CC(C)(C#N)N1Cc2cc(Cl)ccc2-n2c(nnc2C2CC3(C2)CN(c2ncc(F)cc2F)C3)C1. The summed E-state index contributed by atoms with van der Waals surface area (Å²) >= 11 is 6.33. The largest absolute Gasteiger partial charge is 0.353 e. The second kappa shape index (κ2) is 7.70. The summed E-state index contributed by atoms with van der Waals surface area (Å²) in [5.41, 5.74) is 1.43. The van der Waals surface area contributed by atoms with Gasteiger partial charge in [-0.15, -0.1) is 10.2 Å². The van der Waals surface area contributed by atoms with Crippen molar-refractivity contribution in [1.82, 2.24) is 24.6 Å². The van der Waals surface area contributed by atoms with Gasteiger partial charge in [0.25, 0.3) is 0 Å². The van der Waals surface area contributed by atoms with Gasteiger partial charge in [0, 0.05) is 42.1 Å². The van der Waals surface area contributed by atoms with Gasteiger partial charge in [0.15, 0.2) is 17.5 Å². The third kappa shape index (κ3) is 3.58. The van der Waals surface area contributed by atoms with E-state index in [-0.39, 0.29) is 17.2 Å². The summed E-state index contributed by atoms with van der Waals surface area (Å²) in [6, 6.07) is 9.09. The monoisotopic (exact) mass is 495 g/mol. The van der Waals surface area contributed by atoms with Crippen LogP contribution >= 0.6 is 11.6 Å². The van der Waals surface area contributed by atoms with Crippen molar-refractivity contribution in [3.05, 3.63) is 64.3 Å². The minimum atomic E-state index is -0.680. The molecular weight excluding hydrogens is 472 g/mol. The number of nitriles is 1. The number of pyridine rings is 1. The molecule has 2 aliphatic heterocycles. The molecule has 0 unspecified atom stereocenters. The molecule has 1 saturated carbocycles. The van der Waals surface area contributed by atoms with Crippen LogP contribution in [-0.4, -0.2) is 43.3 Å². The molecule has 1 aromatic carbocycles. The quantitative estimate of drug-likeness (QED) is 0.529. The molecule has 1 aliphatic carbocycles. The smallest absolute Gasteiger partial charge is 0.168 e. The van der Waals surface area contributed by atoms with Crippen molar-refractivity contribution in [3.63, 3.8) is 0 Å². The van der Waals surface area contributed by atoms with E-state index in [2.05, 4.69) is 30.7 Å². The summed E-state index contributed by atoms with van der Waals surface area (Å²) in [7, 11) is 0. The Morgan fingerprint density at radius 3 is 2.63 bits per heavy atom. The van der Waals surface area contributed by atoms with Crippen LogP contribution < -0.4 is 4.90 Å². The Bertz CT molecular complexity index is 1360. The lowest BCUT2D eigenvalue weighted by molar-refractivity contribution is 0.0575. The van der Waals surface area contributed by atoms with Gasteiger partial charge in [-0.05, 0) is 50.5 Å². The summed E-state index contributed by atoms with van der Waals surface area (Å²) in [5, 5.41) is 19.5. The van der Waals surface area contributed by atoms with Crippen LogP contribution in [0, 0.1) is 28.4 Å². The molecule has 3 aliphatic rings. The van der Waals surface area contributed by atoms with E-state index in [9.17, 15) is 14.0 Å². The molecule has 35 heavy (non-hydrogen) atoms. The first kappa shape index (κ1) is 22.4. The molecule has 4 heterocycles. The lowest BCUT2D eigenvalue weighted by atomic mass is 9.57. The summed E-state index contributed by atoms with van der Waals surface area (Å²) in [5.74, 6) is 0.856. The summed E-state index contributed by atoms with van der Waals surface area (Å²) in [4.78, 5) is 7.90. The molecule has 0 amide bonds. The van der Waals surface area contributed by atoms with Crippen molar-refractivity contribution < 1.29 is 8.78 Å². The maximum atomic E-state index is 14.1. The Hall–Kier alpha value is -3.09. The zero-order valence-electron chi connectivity index (χ0n) is 19.5. The molecule has 0 atom stereocenters. The number of hydrogen-bond donors (Lipinski definition) is 0. The van der Waals surface area contributed by atoms with Crippen LogP contribution in [0.4, 0.5) is 14.6 Å². The van der Waals surface area contributed by atoms with Gasteiger partial charge < -0.3 is 4.90 Å². The molecule has 3 aromatic rings. The lowest BCUT2D eigenvalue weighted by Crippen LogP contribution is -2.62. The van der Waals surface area contributed by atoms with Crippen LogP contribution in [0.1, 0.15) is 49.8 Å². The van der Waals surface area contributed by atoms with Gasteiger partial charge in [-0.25, -0.2) is 13.8 Å². The van der Waals surface area contributed by atoms with Crippen molar-refractivity contribution in [1.29, 1.82) is 5.26 Å². The molecule has 1 spiro atoms. The minimum Gasteiger partial charge on any atom is -0.353 e. The fourth-order valence-corrected chi connectivity index (χ4v) is 5.93. The van der Waals surface area contributed by atoms with Crippen LogP contribution in [0.2, 0.25) is 5.02 Å². The summed E-state index contributed by atoms with van der Waals surface area (Å²) in [6.45, 7) is 6.27. The number of hydrogen-bond acceptors (Lipinski definition) is 6.